The van der Waals surface area contributed by atoms with Crippen molar-refractivity contribution in [2.75, 3.05) is 30.9 Å². The summed E-state index contributed by atoms with van der Waals surface area (Å²) in [4.78, 5) is 27.7. The van der Waals surface area contributed by atoms with E-state index in [0.717, 1.165) is 24.9 Å². The number of anilines is 2. The standard InChI is InChI=1S/C30H34FN3O4/c1-20(2)19-38-28-17-21(6-15-27(28)37-3)18-34-16-4-5-26(34)30(36)33-25-13-11-24(12-14-25)32-29(35)22-7-9-23(31)10-8-22/h6-15,17,20,26H,4-5,16,18-19H2,1-3H3,(H,32,35)(H,33,36)/t26-/m0/s1. The van der Waals surface area contributed by atoms with Gasteiger partial charge in [-0.2, -0.15) is 0 Å². The Balaban J connectivity index is 1.35. The number of hydrogen-bond acceptors (Lipinski definition) is 5. The molecule has 4 rings (SSSR count). The molecule has 0 bridgehead atoms. The number of likely N-dealkylation sites (tertiary alicyclic amines) is 1. The summed E-state index contributed by atoms with van der Waals surface area (Å²) in [5.41, 5.74) is 2.65. The van der Waals surface area contributed by atoms with Gasteiger partial charge in [0, 0.05) is 23.5 Å². The topological polar surface area (TPSA) is 79.9 Å². The quantitative estimate of drug-likeness (QED) is 0.358. The van der Waals surface area contributed by atoms with Gasteiger partial charge < -0.3 is 20.1 Å². The van der Waals surface area contributed by atoms with Crippen molar-refractivity contribution in [3.05, 3.63) is 83.7 Å². The second-order valence-corrected chi connectivity index (χ2v) is 9.85. The second kappa shape index (κ2) is 12.6. The Labute approximate surface area is 222 Å². The third kappa shape index (κ3) is 7.10. The molecular weight excluding hydrogens is 485 g/mol. The monoisotopic (exact) mass is 519 g/mol. The van der Waals surface area contributed by atoms with Crippen LogP contribution in [-0.4, -0.2) is 43.0 Å². The lowest BCUT2D eigenvalue weighted by molar-refractivity contribution is -0.120. The maximum Gasteiger partial charge on any atom is 0.255 e. The highest BCUT2D eigenvalue weighted by Crippen LogP contribution is 2.30. The van der Waals surface area contributed by atoms with Gasteiger partial charge in [-0.25, -0.2) is 4.39 Å². The van der Waals surface area contributed by atoms with Crippen LogP contribution in [0.4, 0.5) is 15.8 Å². The van der Waals surface area contributed by atoms with Gasteiger partial charge in [-0.3, -0.25) is 14.5 Å². The van der Waals surface area contributed by atoms with Crippen LogP contribution in [0.2, 0.25) is 0 Å². The van der Waals surface area contributed by atoms with Crippen LogP contribution in [0.3, 0.4) is 0 Å². The van der Waals surface area contributed by atoms with E-state index in [-0.39, 0.29) is 17.9 Å². The van der Waals surface area contributed by atoms with Gasteiger partial charge in [0.2, 0.25) is 5.91 Å². The highest BCUT2D eigenvalue weighted by atomic mass is 19.1. The fourth-order valence-electron chi connectivity index (χ4n) is 4.40. The number of hydrogen-bond donors (Lipinski definition) is 2. The first-order chi connectivity index (χ1) is 18.3. The smallest absolute Gasteiger partial charge is 0.255 e. The number of halogens is 1. The second-order valence-electron chi connectivity index (χ2n) is 9.85. The lowest BCUT2D eigenvalue weighted by Crippen LogP contribution is -2.39. The third-order valence-corrected chi connectivity index (χ3v) is 6.37. The molecule has 1 fully saturated rings. The van der Waals surface area contributed by atoms with Gasteiger partial charge in [0.15, 0.2) is 11.5 Å². The summed E-state index contributed by atoms with van der Waals surface area (Å²) in [6.07, 6.45) is 1.73. The first-order valence-corrected chi connectivity index (χ1v) is 12.8. The minimum absolute atomic E-state index is 0.0598. The molecule has 0 saturated carbocycles. The molecule has 1 heterocycles. The molecule has 3 aromatic carbocycles. The van der Waals surface area contributed by atoms with Crippen LogP contribution >= 0.6 is 0 Å². The fourth-order valence-corrected chi connectivity index (χ4v) is 4.40. The van der Waals surface area contributed by atoms with E-state index in [2.05, 4.69) is 29.4 Å². The minimum Gasteiger partial charge on any atom is -0.493 e. The van der Waals surface area contributed by atoms with E-state index in [1.54, 1.807) is 31.4 Å². The molecule has 7 nitrogen and oxygen atoms in total. The third-order valence-electron chi connectivity index (χ3n) is 6.37. The number of carbonyl (C=O) groups is 2. The van der Waals surface area contributed by atoms with E-state index < -0.39 is 5.82 Å². The first-order valence-electron chi connectivity index (χ1n) is 12.8. The minimum atomic E-state index is -0.396. The number of ether oxygens (including phenoxy) is 2. The molecular formula is C30H34FN3O4. The van der Waals surface area contributed by atoms with Gasteiger partial charge >= 0.3 is 0 Å². The summed E-state index contributed by atoms with van der Waals surface area (Å²) >= 11 is 0. The van der Waals surface area contributed by atoms with Crippen LogP contribution in [0.5, 0.6) is 11.5 Å². The Morgan fingerprint density at radius 3 is 2.32 bits per heavy atom. The number of rotatable bonds is 10. The maximum atomic E-state index is 13.1. The number of benzene rings is 3. The molecule has 1 atom stereocenters. The zero-order valence-electron chi connectivity index (χ0n) is 22.0. The predicted molar refractivity (Wildman–Crippen MR) is 146 cm³/mol. The van der Waals surface area contributed by atoms with E-state index in [1.165, 1.54) is 24.3 Å². The number of carbonyl (C=O) groups excluding carboxylic acids is 2. The Hall–Kier alpha value is -3.91. The number of nitrogens with one attached hydrogen (secondary N) is 2. The van der Waals surface area contributed by atoms with Crippen molar-refractivity contribution in [1.29, 1.82) is 0 Å². The molecule has 0 aromatic heterocycles. The normalized spacial score (nSPS) is 15.3. The van der Waals surface area contributed by atoms with Crippen LogP contribution in [0, 0.1) is 11.7 Å². The molecule has 1 aliphatic heterocycles. The summed E-state index contributed by atoms with van der Waals surface area (Å²) in [5, 5.41) is 5.77. The van der Waals surface area contributed by atoms with Gasteiger partial charge in [-0.1, -0.05) is 19.9 Å². The predicted octanol–water partition coefficient (Wildman–Crippen LogP) is 5.72. The molecule has 38 heavy (non-hydrogen) atoms. The largest absolute Gasteiger partial charge is 0.493 e. The highest BCUT2D eigenvalue weighted by Gasteiger charge is 2.31. The van der Waals surface area contributed by atoms with Crippen molar-refractivity contribution in [2.24, 2.45) is 5.92 Å². The molecule has 1 aliphatic rings. The lowest BCUT2D eigenvalue weighted by Gasteiger charge is -2.24. The zero-order chi connectivity index (χ0) is 27.1. The number of amides is 2. The van der Waals surface area contributed by atoms with Crippen LogP contribution in [0.25, 0.3) is 0 Å². The van der Waals surface area contributed by atoms with Crippen LogP contribution in [0.1, 0.15) is 42.6 Å². The maximum absolute atomic E-state index is 13.1. The molecule has 3 aromatic rings. The Kier molecular flexibility index (Phi) is 8.97. The van der Waals surface area contributed by atoms with Crippen molar-refractivity contribution >= 4 is 23.2 Å². The molecule has 200 valence electrons. The van der Waals surface area contributed by atoms with Crippen molar-refractivity contribution in [2.45, 2.75) is 39.3 Å². The van der Waals surface area contributed by atoms with Gasteiger partial charge in [-0.15, -0.1) is 0 Å². The van der Waals surface area contributed by atoms with Crippen LogP contribution in [0.15, 0.2) is 66.7 Å². The molecule has 0 radical (unpaired) electrons. The van der Waals surface area contributed by atoms with Crippen molar-refractivity contribution in [3.63, 3.8) is 0 Å². The molecule has 2 amide bonds. The average molecular weight is 520 g/mol. The molecule has 1 saturated heterocycles. The number of methoxy groups -OCH3 is 1. The van der Waals surface area contributed by atoms with Crippen molar-refractivity contribution in [1.82, 2.24) is 4.90 Å². The summed E-state index contributed by atoms with van der Waals surface area (Å²) in [6, 6.07) is 18.0. The summed E-state index contributed by atoms with van der Waals surface area (Å²) < 4.78 is 24.5. The Morgan fingerprint density at radius 1 is 0.974 bits per heavy atom. The van der Waals surface area contributed by atoms with Crippen molar-refractivity contribution in [3.8, 4) is 11.5 Å². The summed E-state index contributed by atoms with van der Waals surface area (Å²) in [6.45, 7) is 6.26. The zero-order valence-corrected chi connectivity index (χ0v) is 22.0. The van der Waals surface area contributed by atoms with Gasteiger partial charge in [0.05, 0.1) is 19.8 Å². The van der Waals surface area contributed by atoms with E-state index >= 15 is 0 Å². The molecule has 0 aliphatic carbocycles. The summed E-state index contributed by atoms with van der Waals surface area (Å²) in [5.74, 6) is 1.02. The Morgan fingerprint density at radius 2 is 1.66 bits per heavy atom. The van der Waals surface area contributed by atoms with E-state index in [9.17, 15) is 14.0 Å². The summed E-state index contributed by atoms with van der Waals surface area (Å²) in [7, 11) is 1.63. The molecule has 0 unspecified atom stereocenters. The lowest BCUT2D eigenvalue weighted by atomic mass is 10.1. The van der Waals surface area contributed by atoms with Crippen LogP contribution in [-0.2, 0) is 11.3 Å². The Bertz CT molecular complexity index is 1250. The van der Waals surface area contributed by atoms with Gasteiger partial charge in [-0.05, 0) is 91.5 Å². The van der Waals surface area contributed by atoms with Gasteiger partial charge in [0.25, 0.3) is 5.91 Å². The molecule has 0 spiro atoms. The number of nitrogens with zero attached hydrogens (tertiary/aromatic N) is 1. The SMILES string of the molecule is COc1ccc(CN2CCC[C@H]2C(=O)Nc2ccc(NC(=O)c3ccc(F)cc3)cc2)cc1OCC(C)C. The molecule has 2 N–H and O–H groups in total. The molecule has 8 heteroatoms. The average Bonchev–Trinajstić information content (AvgIpc) is 3.37. The van der Waals surface area contributed by atoms with E-state index in [1.807, 2.05) is 18.2 Å². The first kappa shape index (κ1) is 27.1. The van der Waals surface area contributed by atoms with E-state index in [4.69, 9.17) is 9.47 Å². The van der Waals surface area contributed by atoms with Crippen LogP contribution < -0.4 is 20.1 Å². The van der Waals surface area contributed by atoms with Gasteiger partial charge in [0.1, 0.15) is 5.82 Å². The van der Waals surface area contributed by atoms with Crippen molar-refractivity contribution < 1.29 is 23.5 Å². The fraction of sp³-hybridized carbons (Fsp3) is 0.333. The van der Waals surface area contributed by atoms with E-state index in [0.29, 0.717) is 47.5 Å². The highest BCUT2D eigenvalue weighted by molar-refractivity contribution is 6.04.